The average molecular weight is 351 g/mol. The molecular weight excluding hydrogens is 338 g/mol. The minimum absolute atomic E-state index is 0.205. The molecule has 0 amide bonds. The van der Waals surface area contributed by atoms with Crippen LogP contribution < -0.4 is 5.32 Å². The van der Waals surface area contributed by atoms with Crippen LogP contribution in [0.4, 0.5) is 0 Å². The van der Waals surface area contributed by atoms with E-state index in [1.54, 1.807) is 22.7 Å². The van der Waals surface area contributed by atoms with Gasteiger partial charge in [0.15, 0.2) is 0 Å². The standard InChI is InChI=1S/C12H13BrClNS2/c1-2-5-15-10(11-8(13)3-6-16-11)12-9(14)4-7-17-12/h3-4,6-7,10,15H,2,5H2,1H3. The summed E-state index contributed by atoms with van der Waals surface area (Å²) in [5, 5.41) is 8.55. The highest BCUT2D eigenvalue weighted by atomic mass is 79.9. The van der Waals surface area contributed by atoms with Gasteiger partial charge in [-0.3, -0.25) is 0 Å². The molecule has 1 nitrogen and oxygen atoms in total. The predicted molar refractivity (Wildman–Crippen MR) is 81.5 cm³/mol. The molecule has 1 unspecified atom stereocenters. The van der Waals surface area contributed by atoms with Gasteiger partial charge in [0, 0.05) is 14.2 Å². The van der Waals surface area contributed by atoms with Crippen LogP contribution in [-0.2, 0) is 0 Å². The summed E-state index contributed by atoms with van der Waals surface area (Å²) in [7, 11) is 0. The van der Waals surface area contributed by atoms with Crippen LogP contribution in [0.15, 0.2) is 27.4 Å². The molecule has 92 valence electrons. The summed E-state index contributed by atoms with van der Waals surface area (Å²) in [6, 6.07) is 4.25. The summed E-state index contributed by atoms with van der Waals surface area (Å²) in [5.41, 5.74) is 0. The zero-order valence-corrected chi connectivity index (χ0v) is 13.3. The summed E-state index contributed by atoms with van der Waals surface area (Å²) < 4.78 is 1.15. The van der Waals surface area contributed by atoms with E-state index in [0.29, 0.717) is 0 Å². The van der Waals surface area contributed by atoms with Gasteiger partial charge in [-0.15, -0.1) is 22.7 Å². The molecule has 5 heteroatoms. The fourth-order valence-electron chi connectivity index (χ4n) is 1.62. The smallest absolute Gasteiger partial charge is 0.0791 e. The van der Waals surface area contributed by atoms with Crippen molar-refractivity contribution in [2.24, 2.45) is 0 Å². The third kappa shape index (κ3) is 3.12. The molecule has 0 bridgehead atoms. The number of halogens is 2. The van der Waals surface area contributed by atoms with Gasteiger partial charge >= 0.3 is 0 Å². The minimum Gasteiger partial charge on any atom is -0.305 e. The Balaban J connectivity index is 2.32. The highest BCUT2D eigenvalue weighted by Crippen LogP contribution is 2.38. The Morgan fingerprint density at radius 1 is 1.29 bits per heavy atom. The lowest BCUT2D eigenvalue weighted by Gasteiger charge is -2.17. The molecule has 0 aliphatic rings. The quantitative estimate of drug-likeness (QED) is 0.770. The van der Waals surface area contributed by atoms with E-state index in [1.807, 2.05) is 11.4 Å². The highest BCUT2D eigenvalue weighted by Gasteiger charge is 2.20. The maximum absolute atomic E-state index is 6.24. The second-order valence-electron chi connectivity index (χ2n) is 3.65. The van der Waals surface area contributed by atoms with Crippen molar-refractivity contribution < 1.29 is 0 Å². The van der Waals surface area contributed by atoms with Crippen molar-refractivity contribution in [3.63, 3.8) is 0 Å². The Morgan fingerprint density at radius 2 is 2.00 bits per heavy atom. The maximum Gasteiger partial charge on any atom is 0.0791 e. The van der Waals surface area contributed by atoms with Crippen molar-refractivity contribution in [1.82, 2.24) is 5.32 Å². The molecule has 0 spiro atoms. The van der Waals surface area contributed by atoms with Crippen LogP contribution in [0.5, 0.6) is 0 Å². The van der Waals surface area contributed by atoms with Gasteiger partial charge in [-0.25, -0.2) is 0 Å². The van der Waals surface area contributed by atoms with Crippen molar-refractivity contribution in [3.8, 4) is 0 Å². The van der Waals surface area contributed by atoms with Crippen LogP contribution in [0.1, 0.15) is 29.1 Å². The third-order valence-electron chi connectivity index (χ3n) is 2.41. The highest BCUT2D eigenvalue weighted by molar-refractivity contribution is 9.10. The molecule has 1 atom stereocenters. The molecule has 2 heterocycles. The number of hydrogen-bond donors (Lipinski definition) is 1. The summed E-state index contributed by atoms with van der Waals surface area (Å²) in [6.45, 7) is 3.16. The fourth-order valence-corrected chi connectivity index (χ4v) is 4.62. The Bertz CT molecular complexity index is 440. The van der Waals surface area contributed by atoms with Crippen molar-refractivity contribution in [3.05, 3.63) is 42.1 Å². The lowest BCUT2D eigenvalue weighted by atomic mass is 10.2. The number of rotatable bonds is 5. The van der Waals surface area contributed by atoms with Crippen LogP contribution in [0, 0.1) is 0 Å². The summed E-state index contributed by atoms with van der Waals surface area (Å²) >= 11 is 13.3. The summed E-state index contributed by atoms with van der Waals surface area (Å²) in [4.78, 5) is 2.49. The Labute approximate surface area is 123 Å². The summed E-state index contributed by atoms with van der Waals surface area (Å²) in [6.07, 6.45) is 1.11. The van der Waals surface area contributed by atoms with E-state index in [1.165, 1.54) is 9.75 Å². The molecule has 0 aliphatic heterocycles. The second kappa shape index (κ2) is 6.34. The van der Waals surface area contributed by atoms with Crippen LogP contribution in [-0.4, -0.2) is 6.54 Å². The average Bonchev–Trinajstić information content (AvgIpc) is 2.90. The molecule has 0 aromatic carbocycles. The molecule has 2 aromatic heterocycles. The zero-order valence-electron chi connectivity index (χ0n) is 9.37. The van der Waals surface area contributed by atoms with E-state index in [0.717, 1.165) is 22.5 Å². The van der Waals surface area contributed by atoms with Crippen LogP contribution in [0.2, 0.25) is 5.02 Å². The molecule has 2 rings (SSSR count). The first-order chi connectivity index (χ1) is 8.24. The minimum atomic E-state index is 0.205. The zero-order chi connectivity index (χ0) is 12.3. The molecule has 0 fully saturated rings. The van der Waals surface area contributed by atoms with Gasteiger partial charge in [0.25, 0.3) is 0 Å². The van der Waals surface area contributed by atoms with Gasteiger partial charge in [-0.1, -0.05) is 18.5 Å². The van der Waals surface area contributed by atoms with E-state index >= 15 is 0 Å². The van der Waals surface area contributed by atoms with Gasteiger partial charge in [-0.2, -0.15) is 0 Å². The lowest BCUT2D eigenvalue weighted by Crippen LogP contribution is -2.22. The first kappa shape index (κ1) is 13.6. The van der Waals surface area contributed by atoms with Crippen molar-refractivity contribution in [1.29, 1.82) is 0 Å². The first-order valence-corrected chi connectivity index (χ1v) is 8.36. The number of hydrogen-bond acceptors (Lipinski definition) is 3. The van der Waals surface area contributed by atoms with Gasteiger partial charge in [0.1, 0.15) is 0 Å². The molecule has 0 aliphatic carbocycles. The van der Waals surface area contributed by atoms with Crippen LogP contribution in [0.25, 0.3) is 0 Å². The largest absolute Gasteiger partial charge is 0.305 e. The third-order valence-corrected chi connectivity index (χ3v) is 5.77. The Hall–Kier alpha value is 0.130. The van der Waals surface area contributed by atoms with Crippen molar-refractivity contribution in [2.45, 2.75) is 19.4 Å². The normalized spacial score (nSPS) is 12.9. The van der Waals surface area contributed by atoms with Gasteiger partial charge in [-0.05, 0) is 51.8 Å². The number of thiophene rings is 2. The van der Waals surface area contributed by atoms with Crippen LogP contribution in [0.3, 0.4) is 0 Å². The molecular formula is C12H13BrClNS2. The fraction of sp³-hybridized carbons (Fsp3) is 0.333. The summed E-state index contributed by atoms with van der Waals surface area (Å²) in [5.74, 6) is 0. The van der Waals surface area contributed by atoms with Gasteiger partial charge < -0.3 is 5.32 Å². The SMILES string of the molecule is CCCNC(c1sccc1Cl)c1sccc1Br. The molecule has 2 aromatic rings. The first-order valence-electron chi connectivity index (χ1n) is 5.43. The molecule has 0 saturated carbocycles. The van der Waals surface area contributed by atoms with E-state index in [4.69, 9.17) is 11.6 Å². The van der Waals surface area contributed by atoms with E-state index in [9.17, 15) is 0 Å². The second-order valence-corrected chi connectivity index (χ2v) is 6.81. The van der Waals surface area contributed by atoms with E-state index in [-0.39, 0.29) is 6.04 Å². The molecule has 17 heavy (non-hydrogen) atoms. The van der Waals surface area contributed by atoms with Gasteiger partial charge in [0.05, 0.1) is 11.1 Å². The van der Waals surface area contributed by atoms with Crippen molar-refractivity contribution >= 4 is 50.2 Å². The Morgan fingerprint density at radius 3 is 2.53 bits per heavy atom. The Kier molecular flexibility index (Phi) is 5.06. The monoisotopic (exact) mass is 349 g/mol. The predicted octanol–water partition coefficient (Wildman–Crippen LogP) is 5.31. The molecule has 0 radical (unpaired) electrons. The number of nitrogens with one attached hydrogen (secondary N) is 1. The van der Waals surface area contributed by atoms with E-state index in [2.05, 4.69) is 39.6 Å². The van der Waals surface area contributed by atoms with Crippen molar-refractivity contribution in [2.75, 3.05) is 6.54 Å². The molecule has 1 N–H and O–H groups in total. The van der Waals surface area contributed by atoms with Crippen LogP contribution >= 0.6 is 50.2 Å². The maximum atomic E-state index is 6.24. The molecule has 0 saturated heterocycles. The topological polar surface area (TPSA) is 12.0 Å². The lowest BCUT2D eigenvalue weighted by molar-refractivity contribution is 0.612. The van der Waals surface area contributed by atoms with Gasteiger partial charge in [0.2, 0.25) is 0 Å². The van der Waals surface area contributed by atoms with E-state index < -0.39 is 0 Å².